The summed E-state index contributed by atoms with van der Waals surface area (Å²) in [5, 5.41) is 9.66. The standard InChI is InChI=1S/C16H18ClNO2S/c1-16(15(19)20,12-6-4-3-5-7-12)11-18(2)10-13-8-9-14(17)21-13/h3-9H,10-11H2,1-2H3,(H,19,20). The third-order valence-corrected chi connectivity index (χ3v) is 4.74. The van der Waals surface area contributed by atoms with E-state index < -0.39 is 11.4 Å². The Morgan fingerprint density at radius 1 is 1.29 bits per heavy atom. The lowest BCUT2D eigenvalue weighted by atomic mass is 9.82. The van der Waals surface area contributed by atoms with Crippen molar-refractivity contribution in [2.75, 3.05) is 13.6 Å². The molecule has 1 heterocycles. The summed E-state index contributed by atoms with van der Waals surface area (Å²) in [6, 6.07) is 13.2. The van der Waals surface area contributed by atoms with E-state index in [1.165, 1.54) is 11.3 Å². The normalized spacial score (nSPS) is 14.1. The van der Waals surface area contributed by atoms with Crippen LogP contribution in [-0.4, -0.2) is 29.6 Å². The molecule has 0 radical (unpaired) electrons. The summed E-state index contributed by atoms with van der Waals surface area (Å²) >= 11 is 7.45. The van der Waals surface area contributed by atoms with Crippen molar-refractivity contribution in [1.82, 2.24) is 4.90 Å². The first-order chi connectivity index (χ1) is 9.91. The molecule has 3 nitrogen and oxygen atoms in total. The molecule has 2 rings (SSSR count). The highest BCUT2D eigenvalue weighted by atomic mass is 35.5. The first kappa shape index (κ1) is 16.0. The van der Waals surface area contributed by atoms with Crippen LogP contribution in [0.15, 0.2) is 42.5 Å². The molecule has 0 aliphatic rings. The molecule has 0 bridgehead atoms. The molecule has 1 unspecified atom stereocenters. The van der Waals surface area contributed by atoms with Gasteiger partial charge < -0.3 is 5.11 Å². The molecule has 5 heteroatoms. The zero-order valence-corrected chi connectivity index (χ0v) is 13.6. The molecule has 0 aliphatic carbocycles. The van der Waals surface area contributed by atoms with Gasteiger partial charge in [0, 0.05) is 18.0 Å². The van der Waals surface area contributed by atoms with Crippen molar-refractivity contribution < 1.29 is 9.90 Å². The van der Waals surface area contributed by atoms with Crippen LogP contribution in [0, 0.1) is 0 Å². The van der Waals surface area contributed by atoms with Gasteiger partial charge in [0.05, 0.1) is 4.34 Å². The number of hydrogen-bond donors (Lipinski definition) is 1. The fourth-order valence-corrected chi connectivity index (χ4v) is 3.55. The Hall–Kier alpha value is -1.36. The number of aliphatic carboxylic acids is 1. The third kappa shape index (κ3) is 3.84. The van der Waals surface area contributed by atoms with Crippen molar-refractivity contribution in [3.05, 3.63) is 57.2 Å². The van der Waals surface area contributed by atoms with Gasteiger partial charge in [0.25, 0.3) is 0 Å². The maximum atomic E-state index is 11.8. The number of carboxylic acid groups (broad SMARTS) is 1. The first-order valence-electron chi connectivity index (χ1n) is 6.63. The molecule has 21 heavy (non-hydrogen) atoms. The molecule has 1 N–H and O–H groups in total. The molecule has 0 amide bonds. The van der Waals surface area contributed by atoms with Crippen LogP contribution in [0.3, 0.4) is 0 Å². The Balaban J connectivity index is 2.14. The predicted octanol–water partition coefficient (Wildman–Crippen LogP) is 3.88. The van der Waals surface area contributed by atoms with Crippen LogP contribution < -0.4 is 0 Å². The Morgan fingerprint density at radius 2 is 1.95 bits per heavy atom. The molecule has 1 atom stereocenters. The van der Waals surface area contributed by atoms with Crippen LogP contribution in [0.1, 0.15) is 17.4 Å². The molecule has 0 saturated carbocycles. The highest BCUT2D eigenvalue weighted by Crippen LogP contribution is 2.27. The Morgan fingerprint density at radius 3 is 2.48 bits per heavy atom. The average Bonchev–Trinajstić information content (AvgIpc) is 2.84. The summed E-state index contributed by atoms with van der Waals surface area (Å²) in [5.41, 5.74) is -0.120. The molecule has 0 spiro atoms. The summed E-state index contributed by atoms with van der Waals surface area (Å²) in [5.74, 6) is -0.815. The second-order valence-corrected chi connectivity index (χ2v) is 7.18. The molecule has 1 aromatic carbocycles. The van der Waals surface area contributed by atoms with Crippen LogP contribution in [-0.2, 0) is 16.8 Å². The van der Waals surface area contributed by atoms with Crippen molar-refractivity contribution in [2.24, 2.45) is 0 Å². The second-order valence-electron chi connectivity index (χ2n) is 5.38. The lowest BCUT2D eigenvalue weighted by Crippen LogP contribution is -2.42. The molecule has 0 fully saturated rings. The predicted molar refractivity (Wildman–Crippen MR) is 87.1 cm³/mol. The molecule has 0 saturated heterocycles. The topological polar surface area (TPSA) is 40.5 Å². The molecular formula is C16H18ClNO2S. The van der Waals surface area contributed by atoms with Gasteiger partial charge in [-0.2, -0.15) is 0 Å². The van der Waals surface area contributed by atoms with Gasteiger partial charge in [-0.1, -0.05) is 41.9 Å². The van der Waals surface area contributed by atoms with Gasteiger partial charge in [0.15, 0.2) is 0 Å². The lowest BCUT2D eigenvalue weighted by Gasteiger charge is -2.30. The number of hydrogen-bond acceptors (Lipinski definition) is 3. The van der Waals surface area contributed by atoms with Gasteiger partial charge in [-0.25, -0.2) is 0 Å². The molecule has 0 aliphatic heterocycles. The number of thiophene rings is 1. The summed E-state index contributed by atoms with van der Waals surface area (Å²) < 4.78 is 0.752. The summed E-state index contributed by atoms with van der Waals surface area (Å²) in [4.78, 5) is 14.9. The van der Waals surface area contributed by atoms with E-state index in [0.29, 0.717) is 13.1 Å². The van der Waals surface area contributed by atoms with E-state index in [2.05, 4.69) is 0 Å². The fourth-order valence-electron chi connectivity index (χ4n) is 2.39. The van der Waals surface area contributed by atoms with Gasteiger partial charge in [0.2, 0.25) is 0 Å². The van der Waals surface area contributed by atoms with Gasteiger partial charge in [-0.15, -0.1) is 11.3 Å². The zero-order chi connectivity index (χ0) is 15.5. The largest absolute Gasteiger partial charge is 0.481 e. The molecular weight excluding hydrogens is 306 g/mol. The molecule has 112 valence electrons. The van der Waals surface area contributed by atoms with E-state index in [4.69, 9.17) is 11.6 Å². The van der Waals surface area contributed by atoms with E-state index >= 15 is 0 Å². The van der Waals surface area contributed by atoms with Crippen molar-refractivity contribution in [3.8, 4) is 0 Å². The lowest BCUT2D eigenvalue weighted by molar-refractivity contribution is -0.144. The number of likely N-dealkylation sites (N-methyl/N-ethyl adjacent to an activating group) is 1. The van der Waals surface area contributed by atoms with Crippen molar-refractivity contribution in [3.63, 3.8) is 0 Å². The van der Waals surface area contributed by atoms with Gasteiger partial charge >= 0.3 is 5.97 Å². The summed E-state index contributed by atoms with van der Waals surface area (Å²) in [6.07, 6.45) is 0. The van der Waals surface area contributed by atoms with E-state index in [0.717, 1.165) is 14.8 Å². The maximum Gasteiger partial charge on any atom is 0.315 e. The van der Waals surface area contributed by atoms with Crippen LogP contribution in [0.4, 0.5) is 0 Å². The quantitative estimate of drug-likeness (QED) is 0.877. The second kappa shape index (κ2) is 6.60. The van der Waals surface area contributed by atoms with Crippen LogP contribution >= 0.6 is 22.9 Å². The van der Waals surface area contributed by atoms with Crippen molar-refractivity contribution in [1.29, 1.82) is 0 Å². The monoisotopic (exact) mass is 323 g/mol. The average molecular weight is 324 g/mol. The molecule has 1 aromatic heterocycles. The molecule has 2 aromatic rings. The number of carboxylic acids is 1. The number of halogens is 1. The minimum atomic E-state index is -0.933. The Kier molecular flexibility index (Phi) is 5.04. The Labute approximate surface area is 133 Å². The summed E-state index contributed by atoms with van der Waals surface area (Å²) in [6.45, 7) is 2.89. The SMILES string of the molecule is CN(Cc1ccc(Cl)s1)CC(C)(C(=O)O)c1ccccc1. The number of benzene rings is 1. The first-order valence-corrected chi connectivity index (χ1v) is 7.83. The zero-order valence-electron chi connectivity index (χ0n) is 12.0. The highest BCUT2D eigenvalue weighted by molar-refractivity contribution is 7.16. The van der Waals surface area contributed by atoms with Gasteiger partial charge in [-0.3, -0.25) is 9.69 Å². The third-order valence-electron chi connectivity index (χ3n) is 3.52. The number of carbonyl (C=O) groups is 1. The number of nitrogens with zero attached hydrogens (tertiary/aromatic N) is 1. The van der Waals surface area contributed by atoms with Gasteiger partial charge in [-0.05, 0) is 31.7 Å². The minimum absolute atomic E-state index is 0.432. The van der Waals surface area contributed by atoms with Crippen LogP contribution in [0.2, 0.25) is 4.34 Å². The minimum Gasteiger partial charge on any atom is -0.481 e. The fraction of sp³-hybridized carbons (Fsp3) is 0.312. The Bertz CT molecular complexity index is 614. The number of rotatable bonds is 6. The van der Waals surface area contributed by atoms with Crippen LogP contribution in [0.5, 0.6) is 0 Å². The smallest absolute Gasteiger partial charge is 0.315 e. The van der Waals surface area contributed by atoms with E-state index in [-0.39, 0.29) is 0 Å². The van der Waals surface area contributed by atoms with E-state index in [1.54, 1.807) is 6.92 Å². The highest BCUT2D eigenvalue weighted by Gasteiger charge is 2.36. The van der Waals surface area contributed by atoms with Crippen LogP contribution in [0.25, 0.3) is 0 Å². The summed E-state index contributed by atoms with van der Waals surface area (Å²) in [7, 11) is 1.93. The van der Waals surface area contributed by atoms with E-state index in [1.807, 2.05) is 54.4 Å². The maximum absolute atomic E-state index is 11.8. The van der Waals surface area contributed by atoms with Gasteiger partial charge in [0.1, 0.15) is 5.41 Å². The van der Waals surface area contributed by atoms with E-state index in [9.17, 15) is 9.90 Å². The van der Waals surface area contributed by atoms with Crippen molar-refractivity contribution in [2.45, 2.75) is 18.9 Å². The van der Waals surface area contributed by atoms with Crippen molar-refractivity contribution >= 4 is 28.9 Å².